The number of benzene rings is 2. The molecular formula is C27H27Cl2F3N2O3. The summed E-state index contributed by atoms with van der Waals surface area (Å²) in [6.45, 7) is 7.36. The topological polar surface area (TPSA) is 54.7 Å². The van der Waals surface area contributed by atoms with Crippen LogP contribution in [0.2, 0.25) is 10.0 Å². The molecule has 1 aliphatic heterocycles. The van der Waals surface area contributed by atoms with Gasteiger partial charge in [-0.25, -0.2) is 0 Å². The minimum absolute atomic E-state index is 0.148. The van der Waals surface area contributed by atoms with Gasteiger partial charge in [-0.05, 0) is 61.1 Å². The number of rotatable bonds is 7. The van der Waals surface area contributed by atoms with Gasteiger partial charge in [-0.3, -0.25) is 4.79 Å². The highest BCUT2D eigenvalue weighted by Crippen LogP contribution is 2.37. The fourth-order valence-electron chi connectivity index (χ4n) is 4.98. The SMILES string of the molecule is C=C(c1ccc(Cl)c(Cc2cc3c(C)cc(OC(F)(F)F)cc3n2C)c1Cl)N1CCC(CC(=O)O)CC1. The lowest BCUT2D eigenvalue weighted by atomic mass is 9.92. The molecule has 0 unspecified atom stereocenters. The number of nitrogens with zero attached hydrogens (tertiary/aromatic N) is 2. The van der Waals surface area contributed by atoms with Crippen molar-refractivity contribution in [1.82, 2.24) is 9.47 Å². The van der Waals surface area contributed by atoms with Gasteiger partial charge in [0.25, 0.3) is 0 Å². The third-order valence-corrected chi connectivity index (χ3v) is 7.78. The Labute approximate surface area is 223 Å². The lowest BCUT2D eigenvalue weighted by Crippen LogP contribution is -2.33. The summed E-state index contributed by atoms with van der Waals surface area (Å²) in [5.41, 5.74) is 4.27. The minimum Gasteiger partial charge on any atom is -0.481 e. The average molecular weight is 555 g/mol. The molecule has 0 spiro atoms. The zero-order chi connectivity index (χ0) is 27.1. The van der Waals surface area contributed by atoms with Crippen LogP contribution in [0.1, 0.15) is 41.6 Å². The van der Waals surface area contributed by atoms with E-state index >= 15 is 0 Å². The number of alkyl halides is 3. The fraction of sp³-hybridized carbons (Fsp3) is 0.370. The Kier molecular flexibility index (Phi) is 7.72. The molecule has 4 rings (SSSR count). The number of fused-ring (bicyclic) bond motifs is 1. The van der Waals surface area contributed by atoms with Crippen molar-refractivity contribution in [3.8, 4) is 5.75 Å². The molecule has 3 aromatic rings. The Hall–Kier alpha value is -2.84. The average Bonchev–Trinajstić information content (AvgIpc) is 3.11. The summed E-state index contributed by atoms with van der Waals surface area (Å²) in [5, 5.41) is 10.8. The van der Waals surface area contributed by atoms with Crippen molar-refractivity contribution < 1.29 is 27.8 Å². The maximum atomic E-state index is 12.8. The lowest BCUT2D eigenvalue weighted by molar-refractivity contribution is -0.274. The van der Waals surface area contributed by atoms with Crippen LogP contribution in [0.5, 0.6) is 5.75 Å². The van der Waals surface area contributed by atoms with Crippen molar-refractivity contribution in [2.24, 2.45) is 13.0 Å². The van der Waals surface area contributed by atoms with E-state index in [-0.39, 0.29) is 18.1 Å². The van der Waals surface area contributed by atoms with E-state index < -0.39 is 12.3 Å². The predicted octanol–water partition coefficient (Wildman–Crippen LogP) is 7.44. The van der Waals surface area contributed by atoms with Crippen molar-refractivity contribution in [2.45, 2.75) is 39.0 Å². The van der Waals surface area contributed by atoms with Gasteiger partial charge in [-0.2, -0.15) is 0 Å². The monoisotopic (exact) mass is 554 g/mol. The fourth-order valence-corrected chi connectivity index (χ4v) is 5.59. The van der Waals surface area contributed by atoms with E-state index in [1.165, 1.54) is 12.1 Å². The zero-order valence-electron chi connectivity index (χ0n) is 20.5. The van der Waals surface area contributed by atoms with Crippen molar-refractivity contribution in [3.05, 3.63) is 69.3 Å². The smallest absolute Gasteiger partial charge is 0.481 e. The molecule has 198 valence electrons. The van der Waals surface area contributed by atoms with Gasteiger partial charge in [-0.15, -0.1) is 13.2 Å². The highest BCUT2D eigenvalue weighted by Gasteiger charge is 2.31. The molecular weight excluding hydrogens is 528 g/mol. The van der Waals surface area contributed by atoms with Gasteiger partial charge in [0.1, 0.15) is 5.75 Å². The summed E-state index contributed by atoms with van der Waals surface area (Å²) in [7, 11) is 1.78. The Morgan fingerprint density at radius 1 is 1.19 bits per heavy atom. The van der Waals surface area contributed by atoms with Gasteiger partial charge >= 0.3 is 12.3 Å². The van der Waals surface area contributed by atoms with Gasteiger partial charge in [-0.1, -0.05) is 29.8 Å². The summed E-state index contributed by atoms with van der Waals surface area (Å²) < 4.78 is 44.3. The first-order valence-electron chi connectivity index (χ1n) is 11.8. The number of carboxylic acid groups (broad SMARTS) is 1. The number of halogens is 5. The van der Waals surface area contributed by atoms with Crippen LogP contribution in [0.25, 0.3) is 16.6 Å². The summed E-state index contributed by atoms with van der Waals surface area (Å²) >= 11 is 13.4. The first kappa shape index (κ1) is 27.2. The Balaban J connectivity index is 1.60. The molecule has 1 fully saturated rings. The van der Waals surface area contributed by atoms with Crippen LogP contribution in [0.15, 0.2) is 36.9 Å². The number of aromatic nitrogens is 1. The van der Waals surface area contributed by atoms with Gasteiger partial charge in [0.05, 0.1) is 10.5 Å². The van der Waals surface area contributed by atoms with Crippen LogP contribution in [0, 0.1) is 12.8 Å². The predicted molar refractivity (Wildman–Crippen MR) is 139 cm³/mol. The van der Waals surface area contributed by atoms with Crippen LogP contribution < -0.4 is 4.74 Å². The molecule has 1 N–H and O–H groups in total. The third-order valence-electron chi connectivity index (χ3n) is 6.99. The summed E-state index contributed by atoms with van der Waals surface area (Å²) in [6, 6.07) is 8.25. The van der Waals surface area contributed by atoms with E-state index in [0.29, 0.717) is 46.2 Å². The molecule has 0 aliphatic carbocycles. The number of ether oxygens (including phenoxy) is 1. The molecule has 0 radical (unpaired) electrons. The van der Waals surface area contributed by atoms with E-state index in [0.717, 1.165) is 35.2 Å². The van der Waals surface area contributed by atoms with E-state index in [2.05, 4.69) is 16.2 Å². The first-order chi connectivity index (χ1) is 17.3. The zero-order valence-corrected chi connectivity index (χ0v) is 22.0. The molecule has 0 amide bonds. The number of piperidine rings is 1. The van der Waals surface area contributed by atoms with E-state index in [1.54, 1.807) is 20.0 Å². The standard InChI is InChI=1S/C27H27Cl2F3N2O3/c1-15-10-19(37-27(30,31)32)14-24-21(15)12-18(33(24)3)13-22-23(28)5-4-20(26(22)29)16(2)34-8-6-17(7-9-34)11-25(35)36/h4-5,10,12,14,17H,2,6-9,11,13H2,1,3H3,(H,35,36). The van der Waals surface area contributed by atoms with Crippen molar-refractivity contribution in [3.63, 3.8) is 0 Å². The number of hydrogen-bond donors (Lipinski definition) is 1. The normalized spacial score (nSPS) is 14.8. The van der Waals surface area contributed by atoms with Crippen LogP contribution in [0.3, 0.4) is 0 Å². The molecule has 1 aliphatic rings. The maximum absolute atomic E-state index is 12.8. The molecule has 5 nitrogen and oxygen atoms in total. The van der Waals surface area contributed by atoms with Crippen LogP contribution in [-0.4, -0.2) is 40.0 Å². The largest absolute Gasteiger partial charge is 0.573 e. The molecule has 10 heteroatoms. The number of carbonyl (C=O) groups is 1. The second-order valence-corrected chi connectivity index (χ2v) is 10.2. The molecule has 2 heterocycles. The van der Waals surface area contributed by atoms with Crippen molar-refractivity contribution in [2.75, 3.05) is 13.1 Å². The summed E-state index contributed by atoms with van der Waals surface area (Å²) in [5.74, 6) is -0.906. The maximum Gasteiger partial charge on any atom is 0.573 e. The second-order valence-electron chi connectivity index (χ2n) is 9.45. The highest BCUT2D eigenvalue weighted by molar-refractivity contribution is 6.37. The van der Waals surface area contributed by atoms with Gasteiger partial charge in [0.2, 0.25) is 0 Å². The van der Waals surface area contributed by atoms with Crippen LogP contribution in [0.4, 0.5) is 13.2 Å². The number of likely N-dealkylation sites (tertiary alicyclic amines) is 1. The number of hydrogen-bond acceptors (Lipinski definition) is 3. The Morgan fingerprint density at radius 3 is 2.49 bits per heavy atom. The van der Waals surface area contributed by atoms with Crippen LogP contribution in [-0.2, 0) is 18.3 Å². The molecule has 37 heavy (non-hydrogen) atoms. The molecule has 1 saturated heterocycles. The minimum atomic E-state index is -4.77. The number of aryl methyl sites for hydroxylation is 2. The van der Waals surface area contributed by atoms with Crippen molar-refractivity contribution in [1.29, 1.82) is 0 Å². The van der Waals surface area contributed by atoms with Crippen LogP contribution >= 0.6 is 23.2 Å². The molecule has 1 aromatic heterocycles. The Bertz CT molecular complexity index is 1360. The molecule has 2 aromatic carbocycles. The highest BCUT2D eigenvalue weighted by atomic mass is 35.5. The van der Waals surface area contributed by atoms with Gasteiger partial charge in [0, 0.05) is 66.4 Å². The first-order valence-corrected chi connectivity index (χ1v) is 12.6. The van der Waals surface area contributed by atoms with Gasteiger partial charge in [0.15, 0.2) is 0 Å². The van der Waals surface area contributed by atoms with E-state index in [9.17, 15) is 18.0 Å². The summed E-state index contributed by atoms with van der Waals surface area (Å²) in [6.07, 6.45) is -2.72. The molecule has 0 bridgehead atoms. The second kappa shape index (κ2) is 10.5. The van der Waals surface area contributed by atoms with E-state index in [1.807, 2.05) is 16.7 Å². The Morgan fingerprint density at radius 2 is 1.86 bits per heavy atom. The van der Waals surface area contributed by atoms with Gasteiger partial charge < -0.3 is 19.3 Å². The summed E-state index contributed by atoms with van der Waals surface area (Å²) in [4.78, 5) is 13.1. The molecule has 0 saturated carbocycles. The van der Waals surface area contributed by atoms with Crippen molar-refractivity contribution >= 4 is 45.8 Å². The van der Waals surface area contributed by atoms with E-state index in [4.69, 9.17) is 28.3 Å². The lowest BCUT2D eigenvalue weighted by Gasteiger charge is -2.34. The number of aliphatic carboxylic acids is 1. The quantitative estimate of drug-likeness (QED) is 0.329. The number of carboxylic acids is 1. The third kappa shape index (κ3) is 6.02. The molecule has 0 atom stereocenters.